The summed E-state index contributed by atoms with van der Waals surface area (Å²) in [6.07, 6.45) is 1.95. The molecule has 1 N–H and O–H groups in total. The van der Waals surface area contributed by atoms with Gasteiger partial charge in [-0.15, -0.1) is 0 Å². The fraction of sp³-hybridized carbons (Fsp3) is 0.417. The van der Waals surface area contributed by atoms with Crippen LogP contribution in [0.1, 0.15) is 29.3 Å². The second kappa shape index (κ2) is 3.93. The number of hydrogen-bond donors (Lipinski definition) is 1. The third-order valence-corrected chi connectivity index (χ3v) is 2.74. The highest BCUT2D eigenvalue weighted by molar-refractivity contribution is 5.88. The zero-order valence-electron chi connectivity index (χ0n) is 8.69. The average molecular weight is 206 g/mol. The van der Waals surface area contributed by atoms with Crippen molar-refractivity contribution in [1.82, 2.24) is 0 Å². The van der Waals surface area contributed by atoms with Crippen LogP contribution in [0.5, 0.6) is 5.75 Å². The van der Waals surface area contributed by atoms with Gasteiger partial charge in [-0.2, -0.15) is 0 Å². The molecule has 0 aliphatic carbocycles. The predicted octanol–water partition coefficient (Wildman–Crippen LogP) is 2.35. The minimum absolute atomic E-state index is 0.340. The number of aryl methyl sites for hydroxylation is 1. The number of benzene rings is 1. The van der Waals surface area contributed by atoms with E-state index in [1.165, 1.54) is 0 Å². The van der Waals surface area contributed by atoms with Crippen LogP contribution in [-0.2, 0) is 6.42 Å². The normalized spacial score (nSPS) is 19.9. The van der Waals surface area contributed by atoms with Gasteiger partial charge in [-0.25, -0.2) is 4.79 Å². The molecule has 1 aliphatic rings. The van der Waals surface area contributed by atoms with Crippen molar-refractivity contribution in [3.05, 3.63) is 29.3 Å². The van der Waals surface area contributed by atoms with Crippen LogP contribution in [0.2, 0.25) is 0 Å². The molecule has 1 aliphatic heterocycles. The van der Waals surface area contributed by atoms with Crippen LogP contribution < -0.4 is 4.74 Å². The number of rotatable bonds is 1. The van der Waals surface area contributed by atoms with Crippen molar-refractivity contribution in [3.8, 4) is 5.75 Å². The average Bonchev–Trinajstić information content (AvgIpc) is 2.40. The molecule has 1 aromatic carbocycles. The topological polar surface area (TPSA) is 46.5 Å². The summed E-state index contributed by atoms with van der Waals surface area (Å²) in [6.45, 7) is 2.86. The Balaban J connectivity index is 2.32. The van der Waals surface area contributed by atoms with Gasteiger partial charge in [0.25, 0.3) is 0 Å². The summed E-state index contributed by atoms with van der Waals surface area (Å²) in [7, 11) is 0. The summed E-state index contributed by atoms with van der Waals surface area (Å²) in [5.74, 6) is 0.491. The van der Waals surface area contributed by atoms with E-state index in [2.05, 4.69) is 6.92 Å². The molecular formula is C12H14O3. The molecule has 0 fully saturated rings. The summed E-state index contributed by atoms with van der Waals surface area (Å²) < 4.78 is 5.60. The molecule has 0 aromatic heterocycles. The molecule has 0 saturated heterocycles. The van der Waals surface area contributed by atoms with Gasteiger partial charge < -0.3 is 9.84 Å². The van der Waals surface area contributed by atoms with Gasteiger partial charge in [0.15, 0.2) is 0 Å². The number of fused-ring (bicyclic) bond motifs is 1. The molecule has 80 valence electrons. The van der Waals surface area contributed by atoms with Crippen LogP contribution in [0.25, 0.3) is 0 Å². The van der Waals surface area contributed by atoms with Gasteiger partial charge in [-0.3, -0.25) is 0 Å². The van der Waals surface area contributed by atoms with Gasteiger partial charge in [-0.1, -0.05) is 6.92 Å². The van der Waals surface area contributed by atoms with E-state index in [4.69, 9.17) is 9.84 Å². The highest BCUT2D eigenvalue weighted by atomic mass is 16.5. The van der Waals surface area contributed by atoms with Crippen molar-refractivity contribution in [2.75, 3.05) is 6.61 Å². The SMILES string of the molecule is CC1CCc2cc(C(=O)O)ccc2OC1. The maximum Gasteiger partial charge on any atom is 0.335 e. The van der Waals surface area contributed by atoms with Crippen molar-refractivity contribution < 1.29 is 14.6 Å². The first kappa shape index (κ1) is 10.0. The standard InChI is InChI=1S/C12H14O3/c1-8-2-3-9-6-10(12(13)14)4-5-11(9)15-7-8/h4-6,8H,2-3,7H2,1H3,(H,13,14). The Morgan fingerprint density at radius 3 is 3.07 bits per heavy atom. The van der Waals surface area contributed by atoms with E-state index in [9.17, 15) is 4.79 Å². The van der Waals surface area contributed by atoms with Crippen LogP contribution in [0.15, 0.2) is 18.2 Å². The van der Waals surface area contributed by atoms with E-state index >= 15 is 0 Å². The van der Waals surface area contributed by atoms with Gasteiger partial charge in [-0.05, 0) is 42.5 Å². The molecule has 1 unspecified atom stereocenters. The molecule has 3 nitrogen and oxygen atoms in total. The first-order chi connectivity index (χ1) is 7.16. The van der Waals surface area contributed by atoms with E-state index in [-0.39, 0.29) is 0 Å². The second-order valence-electron chi connectivity index (χ2n) is 4.08. The molecule has 1 heterocycles. The second-order valence-corrected chi connectivity index (χ2v) is 4.08. The lowest BCUT2D eigenvalue weighted by atomic mass is 10.0. The smallest absolute Gasteiger partial charge is 0.335 e. The molecule has 1 atom stereocenters. The fourth-order valence-corrected chi connectivity index (χ4v) is 1.77. The van der Waals surface area contributed by atoms with Gasteiger partial charge in [0, 0.05) is 0 Å². The lowest BCUT2D eigenvalue weighted by Gasteiger charge is -2.08. The van der Waals surface area contributed by atoms with Crippen LogP contribution in [-0.4, -0.2) is 17.7 Å². The van der Waals surface area contributed by atoms with Gasteiger partial charge in [0.2, 0.25) is 0 Å². The van der Waals surface area contributed by atoms with E-state index in [1.54, 1.807) is 18.2 Å². The Hall–Kier alpha value is -1.51. The van der Waals surface area contributed by atoms with Gasteiger partial charge in [0.05, 0.1) is 12.2 Å². The van der Waals surface area contributed by atoms with Crippen molar-refractivity contribution in [2.24, 2.45) is 5.92 Å². The quantitative estimate of drug-likeness (QED) is 0.767. The molecule has 3 heteroatoms. The molecule has 1 aromatic rings. The van der Waals surface area contributed by atoms with E-state index in [0.717, 1.165) is 30.8 Å². The summed E-state index contributed by atoms with van der Waals surface area (Å²) in [5.41, 5.74) is 1.35. The van der Waals surface area contributed by atoms with Crippen LogP contribution in [0.4, 0.5) is 0 Å². The van der Waals surface area contributed by atoms with Crippen molar-refractivity contribution in [2.45, 2.75) is 19.8 Å². The lowest BCUT2D eigenvalue weighted by Crippen LogP contribution is -2.05. The van der Waals surface area contributed by atoms with E-state index in [0.29, 0.717) is 11.5 Å². The molecular weight excluding hydrogens is 192 g/mol. The van der Waals surface area contributed by atoms with Crippen molar-refractivity contribution in [1.29, 1.82) is 0 Å². The lowest BCUT2D eigenvalue weighted by molar-refractivity contribution is 0.0696. The van der Waals surface area contributed by atoms with Crippen molar-refractivity contribution in [3.63, 3.8) is 0 Å². The first-order valence-electron chi connectivity index (χ1n) is 5.16. The molecule has 0 amide bonds. The zero-order chi connectivity index (χ0) is 10.8. The number of carboxylic acids is 1. The molecule has 2 rings (SSSR count). The molecule has 0 saturated carbocycles. The molecule has 0 spiro atoms. The number of carboxylic acid groups (broad SMARTS) is 1. The monoisotopic (exact) mass is 206 g/mol. The van der Waals surface area contributed by atoms with Crippen LogP contribution >= 0.6 is 0 Å². The predicted molar refractivity (Wildman–Crippen MR) is 56.4 cm³/mol. The maximum atomic E-state index is 10.8. The van der Waals surface area contributed by atoms with E-state index < -0.39 is 5.97 Å². The van der Waals surface area contributed by atoms with E-state index in [1.807, 2.05) is 0 Å². The fourth-order valence-electron chi connectivity index (χ4n) is 1.77. The Kier molecular flexibility index (Phi) is 2.62. The Morgan fingerprint density at radius 2 is 2.33 bits per heavy atom. The molecule has 15 heavy (non-hydrogen) atoms. The minimum atomic E-state index is -0.880. The number of aromatic carboxylic acids is 1. The highest BCUT2D eigenvalue weighted by Gasteiger charge is 2.15. The largest absolute Gasteiger partial charge is 0.493 e. The Morgan fingerprint density at radius 1 is 1.53 bits per heavy atom. The highest BCUT2D eigenvalue weighted by Crippen LogP contribution is 2.26. The first-order valence-corrected chi connectivity index (χ1v) is 5.16. The minimum Gasteiger partial charge on any atom is -0.493 e. The van der Waals surface area contributed by atoms with Gasteiger partial charge in [0.1, 0.15) is 5.75 Å². The summed E-state index contributed by atoms with van der Waals surface area (Å²) in [5, 5.41) is 8.87. The third-order valence-electron chi connectivity index (χ3n) is 2.74. The van der Waals surface area contributed by atoms with Crippen molar-refractivity contribution >= 4 is 5.97 Å². The molecule has 0 bridgehead atoms. The Labute approximate surface area is 88.7 Å². The van der Waals surface area contributed by atoms with Crippen LogP contribution in [0.3, 0.4) is 0 Å². The Bertz CT molecular complexity index is 384. The number of carbonyl (C=O) groups is 1. The summed E-state index contributed by atoms with van der Waals surface area (Å²) in [6, 6.07) is 5.07. The zero-order valence-corrected chi connectivity index (χ0v) is 8.69. The molecule has 0 radical (unpaired) electrons. The summed E-state index contributed by atoms with van der Waals surface area (Å²) >= 11 is 0. The number of ether oxygens (including phenoxy) is 1. The third kappa shape index (κ3) is 2.12. The van der Waals surface area contributed by atoms with Gasteiger partial charge >= 0.3 is 5.97 Å². The number of hydrogen-bond acceptors (Lipinski definition) is 2. The summed E-state index contributed by atoms with van der Waals surface area (Å²) in [4.78, 5) is 10.8. The van der Waals surface area contributed by atoms with Crippen LogP contribution in [0, 0.1) is 5.92 Å². The maximum absolute atomic E-state index is 10.8.